The summed E-state index contributed by atoms with van der Waals surface area (Å²) in [5, 5.41) is 28.7. The number of carboxylic acids is 3. The molecule has 154 valence electrons. The van der Waals surface area contributed by atoms with Gasteiger partial charge in [0.25, 0.3) is 0 Å². The smallest absolute Gasteiger partial charge is 0.356 e. The van der Waals surface area contributed by atoms with Crippen LogP contribution in [0.4, 0.5) is 0 Å². The van der Waals surface area contributed by atoms with Gasteiger partial charge < -0.3 is 20.1 Å². The second-order valence-electron chi connectivity index (χ2n) is 6.85. The van der Waals surface area contributed by atoms with Crippen molar-refractivity contribution < 1.29 is 39.2 Å². The van der Waals surface area contributed by atoms with E-state index in [1.54, 1.807) is 19.1 Å². The summed E-state index contributed by atoms with van der Waals surface area (Å²) in [4.78, 5) is 48.2. The second kappa shape index (κ2) is 8.59. The number of aromatic nitrogens is 1. The molecular formula is C20H21NO8. The normalized spacial score (nSPS) is 10.8. The Balaban J connectivity index is 2.83. The van der Waals surface area contributed by atoms with E-state index in [0.29, 0.717) is 6.42 Å². The zero-order valence-corrected chi connectivity index (χ0v) is 16.1. The molecule has 0 bridgehead atoms. The summed E-state index contributed by atoms with van der Waals surface area (Å²) in [6.45, 7) is 5.55. The molecule has 9 heteroatoms. The maximum atomic E-state index is 12.7. The van der Waals surface area contributed by atoms with E-state index < -0.39 is 46.4 Å². The van der Waals surface area contributed by atoms with E-state index in [0.717, 1.165) is 10.1 Å². The molecule has 0 unspecified atom stereocenters. The molecule has 0 aliphatic heterocycles. The fourth-order valence-corrected chi connectivity index (χ4v) is 2.79. The van der Waals surface area contributed by atoms with E-state index in [-0.39, 0.29) is 18.2 Å². The molecule has 3 N–H and O–H groups in total. The minimum absolute atomic E-state index is 0.0283. The molecule has 0 radical (unpaired) electrons. The van der Waals surface area contributed by atoms with E-state index >= 15 is 0 Å². The van der Waals surface area contributed by atoms with Gasteiger partial charge in [-0.25, -0.2) is 19.2 Å². The highest BCUT2D eigenvalue weighted by Gasteiger charge is 2.38. The molecule has 2 aromatic rings. The Labute approximate surface area is 166 Å². The highest BCUT2D eigenvalue weighted by atomic mass is 16.5. The van der Waals surface area contributed by atoms with Crippen LogP contribution in [0, 0.1) is 12.8 Å². The number of carboxylic acid groups (broad SMARTS) is 3. The summed E-state index contributed by atoms with van der Waals surface area (Å²) >= 11 is 0. The Morgan fingerprint density at radius 1 is 0.897 bits per heavy atom. The van der Waals surface area contributed by atoms with Crippen LogP contribution < -0.4 is 0 Å². The van der Waals surface area contributed by atoms with E-state index in [4.69, 9.17) is 4.74 Å². The third-order valence-corrected chi connectivity index (χ3v) is 4.22. The van der Waals surface area contributed by atoms with Crippen molar-refractivity contribution in [3.63, 3.8) is 0 Å². The molecule has 1 heterocycles. The first-order chi connectivity index (χ1) is 13.6. The molecule has 0 amide bonds. The monoisotopic (exact) mass is 403 g/mol. The van der Waals surface area contributed by atoms with Gasteiger partial charge in [-0.15, -0.1) is 0 Å². The summed E-state index contributed by atoms with van der Waals surface area (Å²) in [6, 6.07) is 6.17. The van der Waals surface area contributed by atoms with Crippen LogP contribution in [0.5, 0.6) is 0 Å². The number of aromatic carboxylic acids is 3. The lowest BCUT2D eigenvalue weighted by molar-refractivity contribution is 0.0468. The van der Waals surface area contributed by atoms with Gasteiger partial charge in [0.05, 0.1) is 6.61 Å². The van der Waals surface area contributed by atoms with Gasteiger partial charge in [0, 0.05) is 5.69 Å². The standard InChI is InChI=1S/C20H21NO8/c1-10(2)8-9-29-20(28)16-14(18(24)25)13(17(22)23)15(19(26)27)21(16)12-6-4-11(3)5-7-12/h4-7,10H,8-9H2,1-3H3,(H,22,23)(H,24,25)(H,26,27). The zero-order chi connectivity index (χ0) is 21.9. The van der Waals surface area contributed by atoms with Gasteiger partial charge in [0.1, 0.15) is 22.5 Å². The van der Waals surface area contributed by atoms with Gasteiger partial charge in [-0.05, 0) is 31.4 Å². The van der Waals surface area contributed by atoms with Crippen LogP contribution in [-0.4, -0.2) is 50.4 Å². The number of benzene rings is 1. The lowest BCUT2D eigenvalue weighted by atomic mass is 10.1. The Morgan fingerprint density at radius 2 is 1.41 bits per heavy atom. The number of hydrogen-bond acceptors (Lipinski definition) is 5. The van der Waals surface area contributed by atoms with Gasteiger partial charge in [-0.3, -0.25) is 4.57 Å². The molecule has 0 atom stereocenters. The van der Waals surface area contributed by atoms with Gasteiger partial charge in [-0.1, -0.05) is 31.5 Å². The topological polar surface area (TPSA) is 143 Å². The number of rotatable bonds is 8. The summed E-state index contributed by atoms with van der Waals surface area (Å²) in [5.74, 6) is -6.12. The molecule has 1 aromatic heterocycles. The summed E-state index contributed by atoms with van der Waals surface area (Å²) in [5.41, 5.74) is -2.45. The lowest BCUT2D eigenvalue weighted by Gasteiger charge is -2.13. The first-order valence-electron chi connectivity index (χ1n) is 8.79. The number of ether oxygens (including phenoxy) is 1. The molecule has 9 nitrogen and oxygen atoms in total. The molecule has 29 heavy (non-hydrogen) atoms. The van der Waals surface area contributed by atoms with Crippen LogP contribution in [0.3, 0.4) is 0 Å². The van der Waals surface area contributed by atoms with Crippen molar-refractivity contribution in [2.75, 3.05) is 6.61 Å². The summed E-state index contributed by atoms with van der Waals surface area (Å²) < 4.78 is 5.95. The van der Waals surface area contributed by atoms with Crippen molar-refractivity contribution in [1.82, 2.24) is 4.57 Å². The number of esters is 1. The van der Waals surface area contributed by atoms with Crippen molar-refractivity contribution in [1.29, 1.82) is 0 Å². The molecular weight excluding hydrogens is 382 g/mol. The number of hydrogen-bond donors (Lipinski definition) is 3. The number of aryl methyl sites for hydroxylation is 1. The van der Waals surface area contributed by atoms with E-state index in [1.165, 1.54) is 12.1 Å². The first kappa shape index (κ1) is 21.7. The summed E-state index contributed by atoms with van der Waals surface area (Å²) in [6.07, 6.45) is 0.497. The van der Waals surface area contributed by atoms with Gasteiger partial charge in [0.15, 0.2) is 0 Å². The van der Waals surface area contributed by atoms with Crippen LogP contribution in [0.15, 0.2) is 24.3 Å². The average molecular weight is 403 g/mol. The van der Waals surface area contributed by atoms with Crippen LogP contribution in [0.1, 0.15) is 67.5 Å². The molecule has 1 aromatic carbocycles. The number of nitrogens with zero attached hydrogens (tertiary/aromatic N) is 1. The molecule has 0 saturated carbocycles. The molecule has 0 saturated heterocycles. The molecule has 0 spiro atoms. The Morgan fingerprint density at radius 3 is 1.86 bits per heavy atom. The van der Waals surface area contributed by atoms with Gasteiger partial charge in [-0.2, -0.15) is 0 Å². The predicted octanol–water partition coefficient (Wildman–Crippen LogP) is 3.08. The molecule has 0 aliphatic carbocycles. The molecule has 2 rings (SSSR count). The number of carbonyl (C=O) groups excluding carboxylic acids is 1. The predicted molar refractivity (Wildman–Crippen MR) is 101 cm³/mol. The summed E-state index contributed by atoms with van der Waals surface area (Å²) in [7, 11) is 0. The fraction of sp³-hybridized carbons (Fsp3) is 0.300. The maximum absolute atomic E-state index is 12.7. The average Bonchev–Trinajstić information content (AvgIpc) is 2.98. The highest BCUT2D eigenvalue weighted by Crippen LogP contribution is 2.29. The quantitative estimate of drug-likeness (QED) is 0.571. The lowest BCUT2D eigenvalue weighted by Crippen LogP contribution is -2.18. The van der Waals surface area contributed by atoms with Crippen LogP contribution in [0.25, 0.3) is 5.69 Å². The SMILES string of the molecule is Cc1ccc(-n2c(C(=O)O)c(C(=O)O)c(C(=O)O)c2C(=O)OCCC(C)C)cc1. The maximum Gasteiger partial charge on any atom is 0.356 e. The largest absolute Gasteiger partial charge is 0.478 e. The van der Waals surface area contributed by atoms with E-state index in [9.17, 15) is 34.5 Å². The zero-order valence-electron chi connectivity index (χ0n) is 16.1. The van der Waals surface area contributed by atoms with Crippen molar-refractivity contribution in [3.05, 3.63) is 52.3 Å². The first-order valence-corrected chi connectivity index (χ1v) is 8.79. The molecule has 0 fully saturated rings. The van der Waals surface area contributed by atoms with E-state index in [2.05, 4.69) is 0 Å². The van der Waals surface area contributed by atoms with Crippen molar-refractivity contribution in [2.24, 2.45) is 5.92 Å². The van der Waals surface area contributed by atoms with Crippen molar-refractivity contribution >= 4 is 23.9 Å². The highest BCUT2D eigenvalue weighted by molar-refractivity contribution is 6.14. The van der Waals surface area contributed by atoms with Crippen molar-refractivity contribution in [3.8, 4) is 5.69 Å². The Kier molecular flexibility index (Phi) is 6.42. The fourth-order valence-electron chi connectivity index (χ4n) is 2.79. The van der Waals surface area contributed by atoms with E-state index in [1.807, 2.05) is 13.8 Å². The van der Waals surface area contributed by atoms with Gasteiger partial charge >= 0.3 is 23.9 Å². The van der Waals surface area contributed by atoms with Crippen LogP contribution >= 0.6 is 0 Å². The van der Waals surface area contributed by atoms with Crippen LogP contribution in [-0.2, 0) is 4.74 Å². The van der Waals surface area contributed by atoms with Crippen LogP contribution in [0.2, 0.25) is 0 Å². The second-order valence-corrected chi connectivity index (χ2v) is 6.85. The van der Waals surface area contributed by atoms with Crippen molar-refractivity contribution in [2.45, 2.75) is 27.2 Å². The molecule has 0 aliphatic rings. The Bertz CT molecular complexity index is 969. The number of carbonyl (C=O) groups is 4. The minimum atomic E-state index is -1.78. The Hall–Kier alpha value is -3.62. The minimum Gasteiger partial charge on any atom is -0.478 e. The third kappa shape index (κ3) is 4.45. The van der Waals surface area contributed by atoms with Gasteiger partial charge in [0.2, 0.25) is 0 Å². The third-order valence-electron chi connectivity index (χ3n) is 4.22.